The Morgan fingerprint density at radius 2 is 1.45 bits per heavy atom. The quantitative estimate of drug-likeness (QED) is 0.155. The average Bonchev–Trinajstić information content (AvgIpc) is 3.16. The molecule has 56 heavy (non-hydrogen) atoms. The Morgan fingerprint density at radius 1 is 0.839 bits per heavy atom. The maximum atomic E-state index is 13.8. The second-order valence-corrected chi connectivity index (χ2v) is 15.7. The van der Waals surface area contributed by atoms with Gasteiger partial charge < -0.3 is 68.0 Å². The number of rotatable bonds is 13. The molecule has 2 saturated heterocycles. The topological polar surface area (TPSA) is 201 Å². The third-order valence-corrected chi connectivity index (χ3v) is 11.6. The molecule has 3 aliphatic rings. The number of hydrogen-bond acceptors (Lipinski definition) is 16. The van der Waals surface area contributed by atoms with Crippen LogP contribution in [0.5, 0.6) is 0 Å². The maximum Gasteiger partial charge on any atom is 0.309 e. The number of ketones is 1. The van der Waals surface area contributed by atoms with Crippen molar-refractivity contribution in [2.75, 3.05) is 49.1 Å². The van der Waals surface area contributed by atoms with Gasteiger partial charge in [0, 0.05) is 46.7 Å². The summed E-state index contributed by atoms with van der Waals surface area (Å²) in [4.78, 5) is 29.2. The zero-order chi connectivity index (χ0) is 42.0. The van der Waals surface area contributed by atoms with Crippen LogP contribution in [-0.4, -0.2) is 172 Å². The molecule has 16 heteroatoms. The number of aliphatic hydroxyl groups excluding tert-OH is 4. The lowest BCUT2D eigenvalue weighted by atomic mass is 9.79. The highest BCUT2D eigenvalue weighted by atomic mass is 16.7. The number of nitrogens with zero attached hydrogens (tertiary/aromatic N) is 1. The largest absolute Gasteiger partial charge is 0.458 e. The molecule has 3 rings (SSSR count). The van der Waals surface area contributed by atoms with Crippen molar-refractivity contribution in [1.82, 2.24) is 4.90 Å². The Bertz CT molecular complexity index is 1290. The average molecular weight is 804 g/mol. The van der Waals surface area contributed by atoms with E-state index in [9.17, 15) is 30.0 Å². The Kier molecular flexibility index (Phi) is 19.4. The predicted octanol–water partition coefficient (Wildman–Crippen LogP) is 1.74. The molecule has 0 radical (unpaired) electrons. The van der Waals surface area contributed by atoms with E-state index in [1.54, 1.807) is 59.7 Å². The molecule has 0 amide bonds. The number of methoxy groups -OCH3 is 4. The molecule has 3 aliphatic heterocycles. The lowest BCUT2D eigenvalue weighted by molar-refractivity contribution is -0.305. The molecular weight excluding hydrogens is 734 g/mol. The van der Waals surface area contributed by atoms with Crippen molar-refractivity contribution in [2.24, 2.45) is 17.8 Å². The van der Waals surface area contributed by atoms with Crippen LogP contribution in [0.2, 0.25) is 0 Å². The summed E-state index contributed by atoms with van der Waals surface area (Å²) in [5, 5.41) is 44.7. The fraction of sp³-hybridized carbons (Fsp3) is 0.850. The summed E-state index contributed by atoms with van der Waals surface area (Å²) in [6.45, 7) is 10.5. The lowest BCUT2D eigenvalue weighted by Crippen LogP contribution is -2.63. The van der Waals surface area contributed by atoms with Crippen molar-refractivity contribution in [3.8, 4) is 0 Å². The van der Waals surface area contributed by atoms with Gasteiger partial charge in [0.15, 0.2) is 24.7 Å². The van der Waals surface area contributed by atoms with E-state index in [4.69, 9.17) is 42.6 Å². The molecule has 2 fully saturated rings. The van der Waals surface area contributed by atoms with E-state index in [0.717, 1.165) is 0 Å². The number of carbonyl (C=O) groups excluding carboxylic acids is 2. The molecule has 0 bridgehead atoms. The SMILES string of the molecule is CCC1OC(=O)CC(O)C(C)C(O[C@@H]2O[C@H](C)[C@@H](O)[C@H](N(C)C)[C@H]2O)C(CC(OC)OC)CC(C)C(=O)/C=C/C(C)=C\1CO[C@@H]1O[C@H](C)[C@@H](O)[C@@H](OC)[C@@H]1OC. The third kappa shape index (κ3) is 12.1. The molecule has 0 saturated carbocycles. The van der Waals surface area contributed by atoms with Gasteiger partial charge in [0.05, 0.1) is 49.6 Å². The summed E-state index contributed by atoms with van der Waals surface area (Å²) in [6.07, 6.45) is -8.33. The molecule has 4 N–H and O–H groups in total. The first-order valence-electron chi connectivity index (χ1n) is 19.6. The zero-order valence-electron chi connectivity index (χ0n) is 35.2. The van der Waals surface area contributed by atoms with Crippen molar-refractivity contribution < 1.29 is 72.6 Å². The first-order valence-corrected chi connectivity index (χ1v) is 19.6. The molecule has 0 aliphatic carbocycles. The van der Waals surface area contributed by atoms with E-state index in [0.29, 0.717) is 17.6 Å². The summed E-state index contributed by atoms with van der Waals surface area (Å²) in [7, 11) is 9.40. The van der Waals surface area contributed by atoms with Crippen molar-refractivity contribution >= 4 is 11.8 Å². The zero-order valence-corrected chi connectivity index (χ0v) is 35.2. The van der Waals surface area contributed by atoms with Gasteiger partial charge in [0.25, 0.3) is 0 Å². The van der Waals surface area contributed by atoms with Crippen LogP contribution in [-0.2, 0) is 52.2 Å². The van der Waals surface area contributed by atoms with Crippen molar-refractivity contribution in [2.45, 2.75) is 153 Å². The van der Waals surface area contributed by atoms with Crippen LogP contribution in [0.3, 0.4) is 0 Å². The van der Waals surface area contributed by atoms with Crippen LogP contribution in [0.25, 0.3) is 0 Å². The lowest BCUT2D eigenvalue weighted by Gasteiger charge is -2.46. The summed E-state index contributed by atoms with van der Waals surface area (Å²) >= 11 is 0. The Morgan fingerprint density at radius 3 is 2.02 bits per heavy atom. The van der Waals surface area contributed by atoms with Crippen LogP contribution >= 0.6 is 0 Å². The van der Waals surface area contributed by atoms with Gasteiger partial charge in [-0.3, -0.25) is 9.59 Å². The highest BCUT2D eigenvalue weighted by molar-refractivity contribution is 5.91. The van der Waals surface area contributed by atoms with E-state index in [1.165, 1.54) is 34.5 Å². The molecule has 16 atom stereocenters. The fourth-order valence-corrected chi connectivity index (χ4v) is 7.96. The van der Waals surface area contributed by atoms with Crippen molar-refractivity contribution in [3.63, 3.8) is 0 Å². The van der Waals surface area contributed by atoms with Gasteiger partial charge in [-0.1, -0.05) is 26.8 Å². The second kappa shape index (κ2) is 22.5. The number of esters is 1. The van der Waals surface area contributed by atoms with Gasteiger partial charge in [-0.15, -0.1) is 0 Å². The van der Waals surface area contributed by atoms with E-state index in [2.05, 4.69) is 0 Å². The van der Waals surface area contributed by atoms with Gasteiger partial charge in [0.1, 0.15) is 30.5 Å². The maximum absolute atomic E-state index is 13.8. The molecule has 0 spiro atoms. The number of ether oxygens (including phenoxy) is 9. The van der Waals surface area contributed by atoms with Gasteiger partial charge in [0.2, 0.25) is 0 Å². The third-order valence-electron chi connectivity index (χ3n) is 11.6. The monoisotopic (exact) mass is 803 g/mol. The minimum atomic E-state index is -1.29. The van der Waals surface area contributed by atoms with Crippen molar-refractivity contribution in [1.29, 1.82) is 0 Å². The highest BCUT2D eigenvalue weighted by Crippen LogP contribution is 2.36. The highest BCUT2D eigenvalue weighted by Gasteiger charge is 2.48. The Hall–Kier alpha value is -1.90. The molecule has 16 nitrogen and oxygen atoms in total. The smallest absolute Gasteiger partial charge is 0.309 e. The van der Waals surface area contributed by atoms with Crippen LogP contribution in [0, 0.1) is 17.8 Å². The molecule has 0 aromatic carbocycles. The minimum absolute atomic E-state index is 0.0768. The van der Waals surface area contributed by atoms with Crippen LogP contribution in [0.1, 0.15) is 67.2 Å². The van der Waals surface area contributed by atoms with E-state index in [-0.39, 0.29) is 25.2 Å². The second-order valence-electron chi connectivity index (χ2n) is 15.7. The molecule has 0 aromatic heterocycles. The van der Waals surface area contributed by atoms with Gasteiger partial charge in [-0.05, 0) is 70.8 Å². The number of cyclic esters (lactones) is 1. The summed E-state index contributed by atoms with van der Waals surface area (Å²) < 4.78 is 53.1. The molecule has 324 valence electrons. The molecule has 6 unspecified atom stereocenters. The summed E-state index contributed by atoms with van der Waals surface area (Å²) in [6, 6.07) is -0.725. The van der Waals surface area contributed by atoms with Gasteiger partial charge in [-0.25, -0.2) is 0 Å². The first-order chi connectivity index (χ1) is 26.4. The predicted molar refractivity (Wildman–Crippen MR) is 203 cm³/mol. The number of hydrogen-bond donors (Lipinski definition) is 4. The standard InChI is InChI=1S/C40H69NO15/c1-13-29-26(19-52-40-38(51-12)37(50-11)34(46)24(6)54-40)20(2)14-15-27(42)21(3)16-25(17-31(48-9)49-10)36(22(4)28(43)18-30(44)55-29)56-39-35(47)32(41(7)8)33(45)23(5)53-39/h14-15,21-25,28-29,31-40,43,45-47H,13,16-19H2,1-12H3/b15-14+,26-20-/t21?,22?,23-,24-,25?,28?,29?,32+,33-,34-,35-,36?,37-,38+,39+,40-/m1/s1. The van der Waals surface area contributed by atoms with Gasteiger partial charge in [-0.2, -0.15) is 0 Å². The normalized spacial score (nSPS) is 41.7. The molecular formula is C40H69NO15. The number of allylic oxidation sites excluding steroid dienone is 3. The van der Waals surface area contributed by atoms with Crippen molar-refractivity contribution in [3.05, 3.63) is 23.3 Å². The van der Waals surface area contributed by atoms with E-state index in [1.807, 2.05) is 6.92 Å². The summed E-state index contributed by atoms with van der Waals surface area (Å²) in [5.74, 6) is -2.69. The van der Waals surface area contributed by atoms with Gasteiger partial charge >= 0.3 is 5.97 Å². The fourth-order valence-electron chi connectivity index (χ4n) is 7.96. The van der Waals surface area contributed by atoms with Crippen LogP contribution < -0.4 is 0 Å². The Labute approximate surface area is 332 Å². The Balaban J connectivity index is 2.03. The summed E-state index contributed by atoms with van der Waals surface area (Å²) in [5.41, 5.74) is 1.19. The van der Waals surface area contributed by atoms with E-state index < -0.39 is 116 Å². The minimum Gasteiger partial charge on any atom is -0.458 e. The molecule has 0 aromatic rings. The first kappa shape index (κ1) is 48.5. The number of aliphatic hydroxyl groups is 4. The molecule has 3 heterocycles. The van der Waals surface area contributed by atoms with E-state index >= 15 is 0 Å². The van der Waals surface area contributed by atoms with Crippen LogP contribution in [0.15, 0.2) is 23.3 Å². The van der Waals surface area contributed by atoms with Crippen LogP contribution in [0.4, 0.5) is 0 Å². The number of likely N-dealkylation sites (N-methyl/N-ethyl adjacent to an activating group) is 1. The number of carbonyl (C=O) groups is 2.